The van der Waals surface area contributed by atoms with E-state index in [-0.39, 0.29) is 17.9 Å². The van der Waals surface area contributed by atoms with Gasteiger partial charge in [-0.3, -0.25) is 9.36 Å². The molecule has 41 heavy (non-hydrogen) atoms. The Labute approximate surface area is 234 Å². The van der Waals surface area contributed by atoms with Gasteiger partial charge in [-0.25, -0.2) is 9.78 Å². The van der Waals surface area contributed by atoms with Crippen LogP contribution in [0.2, 0.25) is 0 Å². The standard InChI is InChI=1S/C30H30F3N3O5/c1-17-12-18(2)27(19(3)13-17)28(38)35(25(16-37)29(39)41-5)15-26-34-23-14-20(30(31,32)33)6-11-24(23)36(26)21-7-9-22(40-4)10-8-21/h6-14,25,37H,15-16H2,1-5H3. The van der Waals surface area contributed by atoms with E-state index in [1.165, 1.54) is 13.2 Å². The summed E-state index contributed by atoms with van der Waals surface area (Å²) < 4.78 is 52.3. The number of imidazole rings is 1. The molecule has 1 aromatic heterocycles. The van der Waals surface area contributed by atoms with E-state index in [0.29, 0.717) is 33.6 Å². The number of fused-ring (bicyclic) bond motifs is 1. The number of aryl methyl sites for hydroxylation is 3. The predicted octanol–water partition coefficient (Wildman–Crippen LogP) is 5.15. The Hall–Kier alpha value is -4.38. The predicted molar refractivity (Wildman–Crippen MR) is 146 cm³/mol. The molecule has 1 heterocycles. The van der Waals surface area contributed by atoms with Gasteiger partial charge in [-0.05, 0) is 74.4 Å². The van der Waals surface area contributed by atoms with Crippen LogP contribution in [0, 0.1) is 20.8 Å². The average molecular weight is 570 g/mol. The summed E-state index contributed by atoms with van der Waals surface area (Å²) in [6.45, 7) is 4.35. The van der Waals surface area contributed by atoms with Crippen LogP contribution in [-0.2, 0) is 22.3 Å². The van der Waals surface area contributed by atoms with E-state index < -0.39 is 36.3 Å². The summed E-state index contributed by atoms with van der Waals surface area (Å²) in [7, 11) is 2.65. The maximum Gasteiger partial charge on any atom is 0.416 e. The molecule has 4 aromatic rings. The van der Waals surface area contributed by atoms with Crippen LogP contribution >= 0.6 is 0 Å². The molecular weight excluding hydrogens is 539 g/mol. The topological polar surface area (TPSA) is 93.9 Å². The first-order valence-corrected chi connectivity index (χ1v) is 12.7. The van der Waals surface area contributed by atoms with Crippen molar-refractivity contribution >= 4 is 22.9 Å². The van der Waals surface area contributed by atoms with E-state index in [1.54, 1.807) is 42.7 Å². The summed E-state index contributed by atoms with van der Waals surface area (Å²) in [5.41, 5.74) is 2.66. The van der Waals surface area contributed by atoms with Crippen LogP contribution in [0.3, 0.4) is 0 Å². The number of hydrogen-bond donors (Lipinski definition) is 1. The van der Waals surface area contributed by atoms with Gasteiger partial charge < -0.3 is 19.5 Å². The molecule has 11 heteroatoms. The lowest BCUT2D eigenvalue weighted by atomic mass is 9.98. The number of benzene rings is 3. The molecule has 8 nitrogen and oxygen atoms in total. The lowest BCUT2D eigenvalue weighted by molar-refractivity contribution is -0.147. The minimum absolute atomic E-state index is 0.0411. The maximum atomic E-state index is 14.1. The van der Waals surface area contributed by atoms with Gasteiger partial charge in [0.2, 0.25) is 0 Å². The molecule has 0 aliphatic carbocycles. The first-order chi connectivity index (χ1) is 19.4. The zero-order chi connectivity index (χ0) is 30.1. The molecule has 4 rings (SSSR count). The Morgan fingerprint density at radius 3 is 2.17 bits per heavy atom. The summed E-state index contributed by atoms with van der Waals surface area (Å²) in [6, 6.07) is 12.2. The molecule has 1 amide bonds. The number of rotatable bonds is 8. The van der Waals surface area contributed by atoms with Crippen molar-refractivity contribution in [3.63, 3.8) is 0 Å². The number of esters is 1. The van der Waals surface area contributed by atoms with Gasteiger partial charge in [-0.2, -0.15) is 13.2 Å². The molecule has 216 valence electrons. The first-order valence-electron chi connectivity index (χ1n) is 12.7. The zero-order valence-corrected chi connectivity index (χ0v) is 23.2. The molecule has 0 fully saturated rings. The quantitative estimate of drug-likeness (QED) is 0.295. The number of ether oxygens (including phenoxy) is 2. The fourth-order valence-corrected chi connectivity index (χ4v) is 5.01. The third kappa shape index (κ3) is 5.90. The smallest absolute Gasteiger partial charge is 0.416 e. The highest BCUT2D eigenvalue weighted by molar-refractivity contribution is 5.99. The summed E-state index contributed by atoms with van der Waals surface area (Å²) in [4.78, 5) is 32.4. The second kappa shape index (κ2) is 11.6. The Kier molecular flexibility index (Phi) is 8.39. The van der Waals surface area contributed by atoms with Crippen molar-refractivity contribution in [2.45, 2.75) is 39.5 Å². The summed E-state index contributed by atoms with van der Waals surface area (Å²) >= 11 is 0. The number of aliphatic hydroxyl groups is 1. The van der Waals surface area contributed by atoms with Crippen LogP contribution in [0.5, 0.6) is 5.75 Å². The van der Waals surface area contributed by atoms with E-state index in [1.807, 2.05) is 19.1 Å². The van der Waals surface area contributed by atoms with Crippen LogP contribution < -0.4 is 4.74 Å². The molecule has 0 saturated heterocycles. The molecule has 3 aromatic carbocycles. The van der Waals surface area contributed by atoms with Crippen molar-refractivity contribution in [3.8, 4) is 11.4 Å². The highest BCUT2D eigenvalue weighted by Crippen LogP contribution is 2.33. The number of carbonyl (C=O) groups is 2. The Morgan fingerprint density at radius 2 is 1.63 bits per heavy atom. The molecule has 1 N–H and O–H groups in total. The summed E-state index contributed by atoms with van der Waals surface area (Å²) in [5.74, 6) is -0.682. The van der Waals surface area contributed by atoms with Crippen LogP contribution in [0.25, 0.3) is 16.7 Å². The van der Waals surface area contributed by atoms with E-state index in [4.69, 9.17) is 9.47 Å². The third-order valence-corrected chi connectivity index (χ3v) is 6.87. The van der Waals surface area contributed by atoms with Gasteiger partial charge >= 0.3 is 12.1 Å². The number of carbonyl (C=O) groups excluding carboxylic acids is 2. The van der Waals surface area contributed by atoms with E-state index in [0.717, 1.165) is 29.7 Å². The van der Waals surface area contributed by atoms with E-state index >= 15 is 0 Å². The fourth-order valence-electron chi connectivity index (χ4n) is 5.01. The monoisotopic (exact) mass is 569 g/mol. The molecule has 0 radical (unpaired) electrons. The highest BCUT2D eigenvalue weighted by atomic mass is 19.4. The van der Waals surface area contributed by atoms with Crippen molar-refractivity contribution < 1.29 is 37.3 Å². The molecule has 0 aliphatic heterocycles. The van der Waals surface area contributed by atoms with Gasteiger partial charge in [0.15, 0.2) is 6.04 Å². The van der Waals surface area contributed by atoms with E-state index in [2.05, 4.69) is 4.98 Å². The lowest BCUT2D eigenvalue weighted by Gasteiger charge is -2.30. The van der Waals surface area contributed by atoms with Crippen molar-refractivity contribution in [1.82, 2.24) is 14.5 Å². The minimum Gasteiger partial charge on any atom is -0.497 e. The molecule has 0 spiro atoms. The largest absolute Gasteiger partial charge is 0.497 e. The van der Waals surface area contributed by atoms with Gasteiger partial charge in [0.25, 0.3) is 5.91 Å². The van der Waals surface area contributed by atoms with Crippen molar-refractivity contribution in [1.29, 1.82) is 0 Å². The fraction of sp³-hybridized carbons (Fsp3) is 0.300. The van der Waals surface area contributed by atoms with Crippen LogP contribution in [0.15, 0.2) is 54.6 Å². The Morgan fingerprint density at radius 1 is 1.00 bits per heavy atom. The number of aliphatic hydroxyl groups excluding tert-OH is 1. The van der Waals surface area contributed by atoms with Gasteiger partial charge in [0.1, 0.15) is 11.6 Å². The second-order valence-electron chi connectivity index (χ2n) is 9.69. The number of nitrogens with zero attached hydrogens (tertiary/aromatic N) is 3. The summed E-state index contributed by atoms with van der Waals surface area (Å²) in [6.07, 6.45) is -4.59. The van der Waals surface area contributed by atoms with Gasteiger partial charge in [-0.15, -0.1) is 0 Å². The van der Waals surface area contributed by atoms with Crippen molar-refractivity contribution in [2.75, 3.05) is 20.8 Å². The number of hydrogen-bond acceptors (Lipinski definition) is 6. The molecule has 1 atom stereocenters. The van der Waals surface area contributed by atoms with Crippen molar-refractivity contribution in [2.24, 2.45) is 0 Å². The number of alkyl halides is 3. The number of amides is 1. The van der Waals surface area contributed by atoms with Crippen LogP contribution in [0.1, 0.15) is 38.4 Å². The van der Waals surface area contributed by atoms with Crippen LogP contribution in [-0.4, -0.2) is 58.3 Å². The van der Waals surface area contributed by atoms with E-state index in [9.17, 15) is 27.9 Å². The normalized spacial score (nSPS) is 12.3. The number of aromatic nitrogens is 2. The average Bonchev–Trinajstić information content (AvgIpc) is 3.28. The molecule has 1 unspecified atom stereocenters. The molecule has 0 aliphatic rings. The number of halogens is 3. The highest BCUT2D eigenvalue weighted by Gasteiger charge is 2.35. The second-order valence-corrected chi connectivity index (χ2v) is 9.69. The number of methoxy groups -OCH3 is 2. The maximum absolute atomic E-state index is 14.1. The molecular formula is C30H30F3N3O5. The van der Waals surface area contributed by atoms with Gasteiger partial charge in [-0.1, -0.05) is 17.7 Å². The first kappa shape index (κ1) is 29.6. The summed E-state index contributed by atoms with van der Waals surface area (Å²) in [5, 5.41) is 10.2. The molecule has 0 bridgehead atoms. The zero-order valence-electron chi connectivity index (χ0n) is 23.2. The Balaban J connectivity index is 1.93. The third-order valence-electron chi connectivity index (χ3n) is 6.87. The lowest BCUT2D eigenvalue weighted by Crippen LogP contribution is -2.48. The Bertz CT molecular complexity index is 1570. The van der Waals surface area contributed by atoms with Gasteiger partial charge in [0.05, 0.1) is 44.0 Å². The SMILES string of the molecule is COC(=O)C(CO)N(Cc1nc2cc(C(F)(F)F)ccc2n1-c1ccc(OC)cc1)C(=O)c1c(C)cc(C)cc1C. The minimum atomic E-state index is -4.59. The van der Waals surface area contributed by atoms with Crippen LogP contribution in [0.4, 0.5) is 13.2 Å². The van der Waals surface area contributed by atoms with Gasteiger partial charge in [0, 0.05) is 11.3 Å². The molecule has 0 saturated carbocycles. The van der Waals surface area contributed by atoms with Crippen molar-refractivity contribution in [3.05, 3.63) is 88.2 Å².